The van der Waals surface area contributed by atoms with Gasteiger partial charge < -0.3 is 9.73 Å². The van der Waals surface area contributed by atoms with Crippen molar-refractivity contribution in [2.75, 3.05) is 6.54 Å². The molecule has 0 aromatic carbocycles. The summed E-state index contributed by atoms with van der Waals surface area (Å²) in [5.41, 5.74) is -0.372. The molecule has 0 unspecified atom stereocenters. The van der Waals surface area contributed by atoms with Gasteiger partial charge in [-0.2, -0.15) is 0 Å². The molecule has 2 heterocycles. The molecule has 1 atom stereocenters. The molecule has 1 N–H and O–H groups in total. The fourth-order valence-corrected chi connectivity index (χ4v) is 2.62. The number of furan rings is 1. The van der Waals surface area contributed by atoms with E-state index in [-0.39, 0.29) is 17.2 Å². The first-order chi connectivity index (χ1) is 8.98. The van der Waals surface area contributed by atoms with Gasteiger partial charge in [-0.25, -0.2) is 0 Å². The Balaban J connectivity index is 2.10. The van der Waals surface area contributed by atoms with Crippen LogP contribution in [0.1, 0.15) is 37.3 Å². The third kappa shape index (κ3) is 3.47. The van der Waals surface area contributed by atoms with E-state index in [0.717, 1.165) is 5.76 Å². The zero-order valence-corrected chi connectivity index (χ0v) is 12.3. The first-order valence-electron chi connectivity index (χ1n) is 6.33. The highest BCUT2D eigenvalue weighted by Crippen LogP contribution is 2.28. The van der Waals surface area contributed by atoms with Crippen molar-refractivity contribution in [3.8, 4) is 0 Å². The second-order valence-electron chi connectivity index (χ2n) is 5.54. The molecule has 0 aliphatic carbocycles. The highest BCUT2D eigenvalue weighted by Gasteiger charge is 2.24. The predicted octanol–water partition coefficient (Wildman–Crippen LogP) is 3.64. The minimum absolute atomic E-state index is 0.0561. The summed E-state index contributed by atoms with van der Waals surface area (Å²) >= 11 is 1.68. The standard InChI is InChI=1S/C15H19NO2S/c1-15(2,3)14(17)16-10-11(12-6-4-8-18-12)13-7-5-9-19-13/h4-9,11H,10H2,1-3H3,(H,16,17)/t11-/m1/s1. The van der Waals surface area contributed by atoms with Crippen molar-refractivity contribution in [3.63, 3.8) is 0 Å². The molecule has 102 valence electrons. The molecule has 0 radical (unpaired) electrons. The minimum atomic E-state index is -0.372. The molecule has 19 heavy (non-hydrogen) atoms. The van der Waals surface area contributed by atoms with Crippen LogP contribution in [0.4, 0.5) is 0 Å². The molecule has 0 saturated heterocycles. The van der Waals surface area contributed by atoms with Crippen molar-refractivity contribution >= 4 is 17.2 Å². The minimum Gasteiger partial charge on any atom is -0.469 e. The summed E-state index contributed by atoms with van der Waals surface area (Å²) in [6, 6.07) is 7.91. The molecule has 2 aromatic rings. The Morgan fingerprint density at radius 2 is 2.16 bits per heavy atom. The van der Waals surface area contributed by atoms with Gasteiger partial charge in [-0.15, -0.1) is 11.3 Å². The second-order valence-corrected chi connectivity index (χ2v) is 6.52. The van der Waals surface area contributed by atoms with Gasteiger partial charge in [0, 0.05) is 16.8 Å². The Kier molecular flexibility index (Phi) is 4.10. The van der Waals surface area contributed by atoms with Gasteiger partial charge in [0.1, 0.15) is 5.76 Å². The van der Waals surface area contributed by atoms with Gasteiger partial charge in [0.2, 0.25) is 5.91 Å². The predicted molar refractivity (Wildman–Crippen MR) is 77.3 cm³/mol. The van der Waals surface area contributed by atoms with Gasteiger partial charge in [-0.1, -0.05) is 26.8 Å². The van der Waals surface area contributed by atoms with Crippen LogP contribution in [0.25, 0.3) is 0 Å². The van der Waals surface area contributed by atoms with Crippen LogP contribution in [0.3, 0.4) is 0 Å². The van der Waals surface area contributed by atoms with Gasteiger partial charge in [-0.05, 0) is 23.6 Å². The molecule has 0 spiro atoms. The molecule has 4 heteroatoms. The van der Waals surface area contributed by atoms with Crippen LogP contribution in [0.5, 0.6) is 0 Å². The van der Waals surface area contributed by atoms with Crippen LogP contribution in [-0.4, -0.2) is 12.5 Å². The molecule has 0 bridgehead atoms. The summed E-state index contributed by atoms with van der Waals surface area (Å²) in [5, 5.41) is 5.05. The molecule has 0 fully saturated rings. The summed E-state index contributed by atoms with van der Waals surface area (Å²) in [5.74, 6) is 1.03. The molecular formula is C15H19NO2S. The summed E-state index contributed by atoms with van der Waals surface area (Å²) in [7, 11) is 0. The fraction of sp³-hybridized carbons (Fsp3) is 0.400. The lowest BCUT2D eigenvalue weighted by molar-refractivity contribution is -0.128. The van der Waals surface area contributed by atoms with E-state index < -0.39 is 0 Å². The quantitative estimate of drug-likeness (QED) is 0.927. The number of carbonyl (C=O) groups is 1. The first kappa shape index (κ1) is 13.9. The number of hydrogen-bond acceptors (Lipinski definition) is 3. The van der Waals surface area contributed by atoms with E-state index in [9.17, 15) is 4.79 Å². The number of amides is 1. The molecule has 0 aliphatic rings. The van der Waals surface area contributed by atoms with E-state index in [1.54, 1.807) is 17.6 Å². The van der Waals surface area contributed by atoms with Gasteiger partial charge in [0.25, 0.3) is 0 Å². The smallest absolute Gasteiger partial charge is 0.225 e. The molecule has 1 amide bonds. The maximum Gasteiger partial charge on any atom is 0.225 e. The Hall–Kier alpha value is -1.55. The lowest BCUT2D eigenvalue weighted by Gasteiger charge is -2.20. The van der Waals surface area contributed by atoms with Crippen LogP contribution in [0, 0.1) is 5.41 Å². The molecule has 2 rings (SSSR count). The monoisotopic (exact) mass is 277 g/mol. The van der Waals surface area contributed by atoms with Gasteiger partial charge in [0.05, 0.1) is 12.2 Å². The Morgan fingerprint density at radius 3 is 2.68 bits per heavy atom. The van der Waals surface area contributed by atoms with Crippen molar-refractivity contribution in [1.29, 1.82) is 0 Å². The van der Waals surface area contributed by atoms with E-state index in [0.29, 0.717) is 6.54 Å². The summed E-state index contributed by atoms with van der Waals surface area (Å²) in [6.07, 6.45) is 1.67. The van der Waals surface area contributed by atoms with Crippen molar-refractivity contribution in [3.05, 3.63) is 46.5 Å². The molecule has 0 saturated carbocycles. The maximum absolute atomic E-state index is 12.0. The second kappa shape index (κ2) is 5.61. The summed E-state index contributed by atoms with van der Waals surface area (Å²) in [6.45, 7) is 6.30. The Labute approximate surface area is 117 Å². The van der Waals surface area contributed by atoms with Crippen LogP contribution in [0.2, 0.25) is 0 Å². The molecule has 0 aliphatic heterocycles. The van der Waals surface area contributed by atoms with Crippen LogP contribution in [-0.2, 0) is 4.79 Å². The lowest BCUT2D eigenvalue weighted by atomic mass is 9.95. The van der Waals surface area contributed by atoms with Crippen molar-refractivity contribution in [2.45, 2.75) is 26.7 Å². The van der Waals surface area contributed by atoms with Gasteiger partial charge in [-0.3, -0.25) is 4.79 Å². The normalized spacial score (nSPS) is 13.2. The van der Waals surface area contributed by atoms with Crippen LogP contribution >= 0.6 is 11.3 Å². The van der Waals surface area contributed by atoms with E-state index in [1.807, 2.05) is 44.4 Å². The first-order valence-corrected chi connectivity index (χ1v) is 7.21. The number of hydrogen-bond donors (Lipinski definition) is 1. The molecular weight excluding hydrogens is 258 g/mol. The topological polar surface area (TPSA) is 42.2 Å². The van der Waals surface area contributed by atoms with E-state index in [1.165, 1.54) is 4.88 Å². The number of thiophene rings is 1. The highest BCUT2D eigenvalue weighted by atomic mass is 32.1. The highest BCUT2D eigenvalue weighted by molar-refractivity contribution is 7.10. The zero-order valence-electron chi connectivity index (χ0n) is 11.5. The maximum atomic E-state index is 12.0. The third-order valence-electron chi connectivity index (χ3n) is 2.92. The average molecular weight is 277 g/mol. The average Bonchev–Trinajstić information content (AvgIpc) is 3.00. The summed E-state index contributed by atoms with van der Waals surface area (Å²) in [4.78, 5) is 13.2. The largest absolute Gasteiger partial charge is 0.469 e. The van der Waals surface area contributed by atoms with Crippen LogP contribution in [0.15, 0.2) is 40.3 Å². The van der Waals surface area contributed by atoms with Crippen molar-refractivity contribution < 1.29 is 9.21 Å². The Bertz CT molecular complexity index is 475. The number of nitrogens with one attached hydrogen (secondary N) is 1. The zero-order chi connectivity index (χ0) is 13.9. The fourth-order valence-electron chi connectivity index (χ4n) is 1.78. The molecule has 3 nitrogen and oxygen atoms in total. The third-order valence-corrected chi connectivity index (χ3v) is 3.91. The van der Waals surface area contributed by atoms with Crippen molar-refractivity contribution in [2.24, 2.45) is 5.41 Å². The van der Waals surface area contributed by atoms with Gasteiger partial charge in [0.15, 0.2) is 0 Å². The van der Waals surface area contributed by atoms with Crippen molar-refractivity contribution in [1.82, 2.24) is 5.32 Å². The SMILES string of the molecule is CC(C)(C)C(=O)NC[C@H](c1ccco1)c1cccs1. The molecule has 2 aromatic heterocycles. The Morgan fingerprint density at radius 1 is 1.37 bits per heavy atom. The number of rotatable bonds is 4. The van der Waals surface area contributed by atoms with E-state index in [4.69, 9.17) is 4.42 Å². The van der Waals surface area contributed by atoms with E-state index in [2.05, 4.69) is 11.4 Å². The van der Waals surface area contributed by atoms with E-state index >= 15 is 0 Å². The summed E-state index contributed by atoms with van der Waals surface area (Å²) < 4.78 is 5.49. The lowest BCUT2D eigenvalue weighted by Crippen LogP contribution is -2.37. The number of carbonyl (C=O) groups excluding carboxylic acids is 1. The van der Waals surface area contributed by atoms with Crippen LogP contribution < -0.4 is 5.32 Å². The van der Waals surface area contributed by atoms with Gasteiger partial charge >= 0.3 is 0 Å².